The van der Waals surface area contributed by atoms with Crippen LogP contribution in [0.2, 0.25) is 0 Å². The number of fused-ring (bicyclic) bond motifs is 1. The zero-order valence-corrected chi connectivity index (χ0v) is 14.3. The van der Waals surface area contributed by atoms with Crippen LogP contribution in [-0.4, -0.2) is 35.2 Å². The third-order valence-electron chi connectivity index (χ3n) is 4.03. The molecule has 0 amide bonds. The molecular formula is C14H19N3O3S2. The minimum absolute atomic E-state index is 0.173. The number of sulfonamides is 1. The fraction of sp³-hybridized carbons (Fsp3) is 0.571. The molecule has 0 aliphatic carbocycles. The van der Waals surface area contributed by atoms with Gasteiger partial charge in [0.1, 0.15) is 0 Å². The van der Waals surface area contributed by atoms with Gasteiger partial charge >= 0.3 is 0 Å². The van der Waals surface area contributed by atoms with Crippen molar-refractivity contribution in [3.63, 3.8) is 0 Å². The second-order valence-electron chi connectivity index (χ2n) is 5.64. The molecule has 1 fully saturated rings. The highest BCUT2D eigenvalue weighted by atomic mass is 32.2. The van der Waals surface area contributed by atoms with Crippen molar-refractivity contribution in [2.45, 2.75) is 44.4 Å². The molecule has 2 aromatic heterocycles. The summed E-state index contributed by atoms with van der Waals surface area (Å²) < 4.78 is 28.7. The molecule has 0 saturated carbocycles. The maximum absolute atomic E-state index is 12.9. The number of aromatic nitrogens is 2. The predicted octanol–water partition coefficient (Wildman–Crippen LogP) is 1.94. The van der Waals surface area contributed by atoms with Crippen LogP contribution in [0.5, 0.6) is 0 Å². The Hall–Kier alpha value is -1.25. The Morgan fingerprint density at radius 1 is 1.14 bits per heavy atom. The fourth-order valence-corrected chi connectivity index (χ4v) is 5.51. The van der Waals surface area contributed by atoms with Gasteiger partial charge in [-0.1, -0.05) is 12.8 Å². The van der Waals surface area contributed by atoms with Crippen LogP contribution in [0.4, 0.5) is 0 Å². The van der Waals surface area contributed by atoms with Crippen LogP contribution in [0.15, 0.2) is 15.1 Å². The first-order chi connectivity index (χ1) is 10.4. The smallest absolute Gasteiger partial charge is 0.267 e. The molecule has 1 saturated heterocycles. The first kappa shape index (κ1) is 15.6. The molecule has 2 aromatic rings. The predicted molar refractivity (Wildman–Crippen MR) is 86.0 cm³/mol. The zero-order chi connectivity index (χ0) is 15.9. The minimum atomic E-state index is -3.79. The van der Waals surface area contributed by atoms with Gasteiger partial charge in [-0.3, -0.25) is 9.20 Å². The van der Waals surface area contributed by atoms with Crippen molar-refractivity contribution in [2.75, 3.05) is 13.1 Å². The number of nitrogens with zero attached hydrogens (tertiary/aromatic N) is 3. The Morgan fingerprint density at radius 3 is 2.41 bits per heavy atom. The summed E-state index contributed by atoms with van der Waals surface area (Å²) in [6.07, 6.45) is 3.75. The highest BCUT2D eigenvalue weighted by Crippen LogP contribution is 2.21. The second kappa shape index (κ2) is 5.75. The molecule has 120 valence electrons. The average Bonchev–Trinajstić information content (AvgIpc) is 2.66. The molecule has 8 heteroatoms. The molecule has 0 N–H and O–H groups in total. The zero-order valence-electron chi connectivity index (χ0n) is 12.7. The van der Waals surface area contributed by atoms with Gasteiger partial charge in [-0.2, -0.15) is 4.31 Å². The minimum Gasteiger partial charge on any atom is -0.267 e. The van der Waals surface area contributed by atoms with E-state index in [2.05, 4.69) is 4.98 Å². The Kier molecular flexibility index (Phi) is 4.09. The summed E-state index contributed by atoms with van der Waals surface area (Å²) in [5, 5.41) is 1.81. The lowest BCUT2D eigenvalue weighted by molar-refractivity contribution is 0.422. The van der Waals surface area contributed by atoms with E-state index < -0.39 is 15.6 Å². The fourth-order valence-electron chi connectivity index (χ4n) is 2.88. The van der Waals surface area contributed by atoms with Crippen LogP contribution < -0.4 is 5.56 Å². The van der Waals surface area contributed by atoms with Gasteiger partial charge in [-0.05, 0) is 26.7 Å². The molecule has 1 aliphatic heterocycles. The van der Waals surface area contributed by atoms with Crippen molar-refractivity contribution >= 4 is 26.3 Å². The number of aryl methyl sites for hydroxylation is 2. The standard InChI is InChI=1S/C14H19N3O3S2/c1-10-9-21-14-15-11(2)12(13(18)17(10)14)22(19,20)16-7-5-3-4-6-8-16/h9H,3-8H2,1-2H3. The molecule has 0 spiro atoms. The highest BCUT2D eigenvalue weighted by molar-refractivity contribution is 7.89. The van der Waals surface area contributed by atoms with Crippen LogP contribution in [-0.2, 0) is 10.0 Å². The van der Waals surface area contributed by atoms with Crippen LogP contribution >= 0.6 is 11.3 Å². The summed E-state index contributed by atoms with van der Waals surface area (Å²) in [7, 11) is -3.79. The number of rotatable bonds is 2. The van der Waals surface area contributed by atoms with E-state index in [-0.39, 0.29) is 10.6 Å². The lowest BCUT2D eigenvalue weighted by Crippen LogP contribution is -2.37. The molecule has 3 rings (SSSR count). The maximum Gasteiger partial charge on any atom is 0.279 e. The van der Waals surface area contributed by atoms with Gasteiger partial charge in [0.2, 0.25) is 10.0 Å². The summed E-state index contributed by atoms with van der Waals surface area (Å²) in [4.78, 5) is 17.4. The summed E-state index contributed by atoms with van der Waals surface area (Å²) in [6.45, 7) is 4.34. The van der Waals surface area contributed by atoms with Crippen molar-refractivity contribution in [1.82, 2.24) is 13.7 Å². The van der Waals surface area contributed by atoms with Gasteiger partial charge < -0.3 is 0 Å². The molecule has 3 heterocycles. The van der Waals surface area contributed by atoms with Gasteiger partial charge in [0.15, 0.2) is 9.86 Å². The number of hydrogen-bond donors (Lipinski definition) is 0. The van der Waals surface area contributed by atoms with Crippen molar-refractivity contribution in [3.8, 4) is 0 Å². The van der Waals surface area contributed by atoms with Crippen LogP contribution in [0, 0.1) is 13.8 Å². The first-order valence-electron chi connectivity index (χ1n) is 7.40. The van der Waals surface area contributed by atoms with Crippen molar-refractivity contribution in [3.05, 3.63) is 27.1 Å². The van der Waals surface area contributed by atoms with Crippen molar-refractivity contribution in [1.29, 1.82) is 0 Å². The monoisotopic (exact) mass is 341 g/mol. The lowest BCUT2D eigenvalue weighted by Gasteiger charge is -2.20. The second-order valence-corrected chi connectivity index (χ2v) is 8.36. The average molecular weight is 341 g/mol. The Labute approximate surface area is 133 Å². The van der Waals surface area contributed by atoms with Crippen LogP contribution in [0.3, 0.4) is 0 Å². The normalized spacial score (nSPS) is 17.7. The van der Waals surface area contributed by atoms with E-state index >= 15 is 0 Å². The van der Waals surface area contributed by atoms with E-state index in [1.165, 1.54) is 20.0 Å². The van der Waals surface area contributed by atoms with E-state index in [0.717, 1.165) is 25.7 Å². The summed E-state index contributed by atoms with van der Waals surface area (Å²) in [5.41, 5.74) is 0.520. The van der Waals surface area contributed by atoms with Gasteiger partial charge in [0.25, 0.3) is 5.56 Å². The first-order valence-corrected chi connectivity index (χ1v) is 9.72. The van der Waals surface area contributed by atoms with E-state index in [1.54, 1.807) is 13.8 Å². The van der Waals surface area contributed by atoms with Gasteiger partial charge in [-0.25, -0.2) is 13.4 Å². The maximum atomic E-state index is 12.9. The number of hydrogen-bond acceptors (Lipinski definition) is 5. The number of thiazole rings is 1. The lowest BCUT2D eigenvalue weighted by atomic mass is 10.2. The molecule has 22 heavy (non-hydrogen) atoms. The molecule has 1 aliphatic rings. The van der Waals surface area contributed by atoms with Crippen molar-refractivity contribution < 1.29 is 8.42 Å². The molecule has 0 unspecified atom stereocenters. The SMILES string of the molecule is Cc1nc2scc(C)n2c(=O)c1S(=O)(=O)N1CCCCCC1. The molecular weight excluding hydrogens is 322 g/mol. The van der Waals surface area contributed by atoms with E-state index in [1.807, 2.05) is 5.38 Å². The molecule has 0 radical (unpaired) electrons. The summed E-state index contributed by atoms with van der Waals surface area (Å²) in [6, 6.07) is 0. The molecule has 0 aromatic carbocycles. The van der Waals surface area contributed by atoms with E-state index in [0.29, 0.717) is 23.7 Å². The van der Waals surface area contributed by atoms with Crippen molar-refractivity contribution in [2.24, 2.45) is 0 Å². The molecule has 0 bridgehead atoms. The van der Waals surface area contributed by atoms with Gasteiger partial charge in [0, 0.05) is 24.2 Å². The van der Waals surface area contributed by atoms with E-state index in [9.17, 15) is 13.2 Å². The van der Waals surface area contributed by atoms with Crippen LogP contribution in [0.1, 0.15) is 37.1 Å². The Morgan fingerprint density at radius 2 is 1.77 bits per heavy atom. The molecule has 0 atom stereocenters. The van der Waals surface area contributed by atoms with E-state index in [4.69, 9.17) is 0 Å². The highest BCUT2D eigenvalue weighted by Gasteiger charge is 2.31. The third kappa shape index (κ3) is 2.49. The van der Waals surface area contributed by atoms with Crippen LogP contribution in [0.25, 0.3) is 4.96 Å². The third-order valence-corrected chi connectivity index (χ3v) is 7.01. The summed E-state index contributed by atoms with van der Waals surface area (Å²) in [5.74, 6) is 0. The van der Waals surface area contributed by atoms with Gasteiger partial charge in [0.05, 0.1) is 5.69 Å². The Bertz CT molecular complexity index is 859. The van der Waals surface area contributed by atoms with Gasteiger partial charge in [-0.15, -0.1) is 11.3 Å². The quantitative estimate of drug-likeness (QED) is 0.837. The summed E-state index contributed by atoms with van der Waals surface area (Å²) >= 11 is 1.34. The molecule has 6 nitrogen and oxygen atoms in total. The largest absolute Gasteiger partial charge is 0.279 e. The Balaban J connectivity index is 2.20. The topological polar surface area (TPSA) is 71.8 Å².